The molecule has 0 saturated heterocycles. The molecule has 0 spiro atoms. The van der Waals surface area contributed by atoms with Crippen molar-refractivity contribution in [2.45, 2.75) is 6.92 Å². The SMILES string of the molecule is Cc1cc(O)ccc1-n1nc2ccc(B(O)O)cc2c1Cl. The van der Waals surface area contributed by atoms with Gasteiger partial charge >= 0.3 is 7.12 Å². The van der Waals surface area contributed by atoms with Crippen molar-refractivity contribution in [2.24, 2.45) is 0 Å². The highest BCUT2D eigenvalue weighted by atomic mass is 35.5. The highest BCUT2D eigenvalue weighted by Gasteiger charge is 2.16. The maximum absolute atomic E-state index is 9.47. The van der Waals surface area contributed by atoms with Gasteiger partial charge in [0, 0.05) is 5.39 Å². The minimum Gasteiger partial charge on any atom is -0.508 e. The Morgan fingerprint density at radius 2 is 1.90 bits per heavy atom. The molecule has 3 N–H and O–H groups in total. The van der Waals surface area contributed by atoms with E-state index in [0.717, 1.165) is 11.3 Å². The van der Waals surface area contributed by atoms with Crippen molar-refractivity contribution in [3.05, 3.63) is 47.1 Å². The Labute approximate surface area is 126 Å². The standard InChI is InChI=1S/C14H12BClN2O3/c1-8-6-10(19)3-5-13(8)18-14(16)11-7-9(15(20)21)2-4-12(11)17-18/h2-7,19-21H,1H3. The van der Waals surface area contributed by atoms with Crippen LogP contribution in [0.15, 0.2) is 36.4 Å². The van der Waals surface area contributed by atoms with Crippen LogP contribution in [0, 0.1) is 6.92 Å². The van der Waals surface area contributed by atoms with Gasteiger partial charge in [0.05, 0.1) is 11.2 Å². The Kier molecular flexibility index (Phi) is 3.37. The van der Waals surface area contributed by atoms with E-state index in [1.165, 1.54) is 0 Å². The van der Waals surface area contributed by atoms with Crippen LogP contribution in [0.2, 0.25) is 5.15 Å². The van der Waals surface area contributed by atoms with Crippen LogP contribution in [0.1, 0.15) is 5.56 Å². The number of phenolic OH excluding ortho intramolecular Hbond substituents is 1. The molecule has 0 atom stereocenters. The summed E-state index contributed by atoms with van der Waals surface area (Å²) in [5, 5.41) is 33.4. The molecule has 0 aliphatic heterocycles. The first-order chi connectivity index (χ1) is 9.97. The molecule has 0 amide bonds. The molecule has 1 heterocycles. The Balaban J connectivity index is 2.22. The average Bonchev–Trinajstić information content (AvgIpc) is 2.75. The van der Waals surface area contributed by atoms with Crippen LogP contribution in [0.5, 0.6) is 5.75 Å². The van der Waals surface area contributed by atoms with Crippen molar-refractivity contribution in [3.8, 4) is 11.4 Å². The molecule has 0 radical (unpaired) electrons. The first-order valence-electron chi connectivity index (χ1n) is 6.31. The zero-order valence-corrected chi connectivity index (χ0v) is 11.9. The van der Waals surface area contributed by atoms with E-state index in [4.69, 9.17) is 11.6 Å². The van der Waals surface area contributed by atoms with Gasteiger partial charge in [-0.1, -0.05) is 17.7 Å². The van der Waals surface area contributed by atoms with E-state index in [9.17, 15) is 15.2 Å². The molecule has 3 aromatic rings. The lowest BCUT2D eigenvalue weighted by Crippen LogP contribution is -2.29. The third-order valence-corrected chi connectivity index (χ3v) is 3.71. The summed E-state index contributed by atoms with van der Waals surface area (Å²) < 4.78 is 1.56. The molecule has 0 fully saturated rings. The van der Waals surface area contributed by atoms with Gasteiger partial charge in [0.15, 0.2) is 0 Å². The number of hydrogen-bond acceptors (Lipinski definition) is 4. The summed E-state index contributed by atoms with van der Waals surface area (Å²) >= 11 is 6.35. The number of hydrogen-bond donors (Lipinski definition) is 3. The third kappa shape index (κ3) is 2.38. The van der Waals surface area contributed by atoms with Crippen molar-refractivity contribution >= 4 is 35.1 Å². The van der Waals surface area contributed by atoms with Crippen LogP contribution >= 0.6 is 11.6 Å². The third-order valence-electron chi connectivity index (χ3n) is 3.34. The molecule has 0 aliphatic carbocycles. The maximum Gasteiger partial charge on any atom is 0.488 e. The van der Waals surface area contributed by atoms with Crippen molar-refractivity contribution in [2.75, 3.05) is 0 Å². The van der Waals surface area contributed by atoms with Crippen molar-refractivity contribution in [1.29, 1.82) is 0 Å². The first-order valence-corrected chi connectivity index (χ1v) is 6.69. The van der Waals surface area contributed by atoms with Gasteiger partial charge in [-0.25, -0.2) is 4.68 Å². The highest BCUT2D eigenvalue weighted by molar-refractivity contribution is 6.59. The largest absolute Gasteiger partial charge is 0.508 e. The van der Waals surface area contributed by atoms with Gasteiger partial charge in [0.2, 0.25) is 0 Å². The van der Waals surface area contributed by atoms with Gasteiger partial charge < -0.3 is 15.2 Å². The Bertz CT molecular complexity index is 832. The second kappa shape index (κ2) is 5.07. The molecule has 5 nitrogen and oxygen atoms in total. The topological polar surface area (TPSA) is 78.5 Å². The molecule has 0 saturated carbocycles. The van der Waals surface area contributed by atoms with E-state index in [1.807, 2.05) is 6.92 Å². The van der Waals surface area contributed by atoms with Gasteiger partial charge in [-0.3, -0.25) is 0 Å². The summed E-state index contributed by atoms with van der Waals surface area (Å²) in [6.45, 7) is 1.85. The highest BCUT2D eigenvalue weighted by Crippen LogP contribution is 2.28. The first kappa shape index (κ1) is 13.9. The Morgan fingerprint density at radius 3 is 2.57 bits per heavy atom. The van der Waals surface area contributed by atoms with Crippen LogP contribution in [0.25, 0.3) is 16.6 Å². The maximum atomic E-state index is 9.47. The number of fused-ring (bicyclic) bond motifs is 1. The number of halogens is 1. The van der Waals surface area contributed by atoms with Crippen molar-refractivity contribution in [1.82, 2.24) is 9.78 Å². The van der Waals surface area contributed by atoms with Gasteiger partial charge in [-0.15, -0.1) is 0 Å². The van der Waals surface area contributed by atoms with Crippen LogP contribution in [0.3, 0.4) is 0 Å². The van der Waals surface area contributed by atoms with Gasteiger partial charge in [0.1, 0.15) is 10.9 Å². The molecule has 106 valence electrons. The second-order valence-electron chi connectivity index (χ2n) is 4.82. The number of aromatic nitrogens is 2. The van der Waals surface area contributed by atoms with E-state index in [1.54, 1.807) is 41.1 Å². The fraction of sp³-hybridized carbons (Fsp3) is 0.0714. The molecule has 1 aromatic heterocycles. The molecule has 3 rings (SSSR count). The molecule has 0 unspecified atom stereocenters. The van der Waals surface area contributed by atoms with Crippen LogP contribution in [-0.4, -0.2) is 32.1 Å². The minimum absolute atomic E-state index is 0.176. The quantitative estimate of drug-likeness (QED) is 0.625. The predicted molar refractivity (Wildman–Crippen MR) is 82.3 cm³/mol. The van der Waals surface area contributed by atoms with Crippen LogP contribution in [-0.2, 0) is 0 Å². The molecule has 0 aliphatic rings. The van der Waals surface area contributed by atoms with Crippen molar-refractivity contribution < 1.29 is 15.2 Å². The zero-order chi connectivity index (χ0) is 15.1. The summed E-state index contributed by atoms with van der Waals surface area (Å²) in [5.74, 6) is 0.176. The molecule has 2 aromatic carbocycles. The fourth-order valence-electron chi connectivity index (χ4n) is 2.27. The number of phenols is 1. The molecule has 7 heteroatoms. The van der Waals surface area contributed by atoms with E-state index >= 15 is 0 Å². The summed E-state index contributed by atoms with van der Waals surface area (Å²) in [4.78, 5) is 0. The monoisotopic (exact) mass is 302 g/mol. The smallest absolute Gasteiger partial charge is 0.488 e. The Morgan fingerprint density at radius 1 is 1.14 bits per heavy atom. The van der Waals surface area contributed by atoms with Gasteiger partial charge in [-0.2, -0.15) is 5.10 Å². The number of aryl methyl sites for hydroxylation is 1. The number of nitrogens with zero attached hydrogens (tertiary/aromatic N) is 2. The normalized spacial score (nSPS) is 11.0. The molecule has 21 heavy (non-hydrogen) atoms. The molecule has 0 bridgehead atoms. The number of aromatic hydroxyl groups is 1. The van der Waals surface area contributed by atoms with Crippen LogP contribution in [0.4, 0.5) is 0 Å². The lowest BCUT2D eigenvalue weighted by molar-refractivity contribution is 0.426. The summed E-state index contributed by atoms with van der Waals surface area (Å²) in [6, 6.07) is 9.78. The second-order valence-corrected chi connectivity index (χ2v) is 5.18. The zero-order valence-electron chi connectivity index (χ0n) is 11.2. The van der Waals surface area contributed by atoms with Gasteiger partial charge in [0.25, 0.3) is 0 Å². The van der Waals surface area contributed by atoms with Crippen molar-refractivity contribution in [3.63, 3.8) is 0 Å². The number of rotatable bonds is 2. The van der Waals surface area contributed by atoms with E-state index in [0.29, 0.717) is 21.5 Å². The van der Waals surface area contributed by atoms with E-state index in [-0.39, 0.29) is 5.75 Å². The predicted octanol–water partition coefficient (Wildman–Crippen LogP) is 1.37. The summed E-state index contributed by atoms with van der Waals surface area (Å²) in [7, 11) is -1.55. The summed E-state index contributed by atoms with van der Waals surface area (Å²) in [5.41, 5.74) is 2.58. The lowest BCUT2D eigenvalue weighted by Gasteiger charge is -2.07. The average molecular weight is 303 g/mol. The lowest BCUT2D eigenvalue weighted by atomic mass is 9.80. The number of benzene rings is 2. The van der Waals surface area contributed by atoms with E-state index < -0.39 is 7.12 Å². The Hall–Kier alpha value is -2.02. The van der Waals surface area contributed by atoms with Crippen LogP contribution < -0.4 is 5.46 Å². The molecular formula is C14H12BClN2O3. The van der Waals surface area contributed by atoms with Gasteiger partial charge in [-0.05, 0) is 48.3 Å². The molecular weight excluding hydrogens is 290 g/mol. The minimum atomic E-state index is -1.55. The summed E-state index contributed by atoms with van der Waals surface area (Å²) in [6.07, 6.45) is 0. The van der Waals surface area contributed by atoms with E-state index in [2.05, 4.69) is 5.10 Å². The fourth-order valence-corrected chi connectivity index (χ4v) is 2.55.